The van der Waals surface area contributed by atoms with Gasteiger partial charge in [0.25, 0.3) is 0 Å². The predicted molar refractivity (Wildman–Crippen MR) is 34.8 cm³/mol. The molecule has 1 atom stereocenters. The fraction of sp³-hybridized carbons (Fsp3) is 1.00. The van der Waals surface area contributed by atoms with Gasteiger partial charge in [0.05, 0.1) is 0 Å². The number of hydrogen-bond donors (Lipinski definition) is 0. The van der Waals surface area contributed by atoms with E-state index in [9.17, 15) is 4.48 Å². The average Bonchev–Trinajstić information content (AvgIpc) is 2.14. The van der Waals surface area contributed by atoms with Gasteiger partial charge in [0.15, 0.2) is 0 Å². The molecule has 1 heterocycles. The Kier molecular flexibility index (Phi) is 2.03. The van der Waals surface area contributed by atoms with Crippen LogP contribution in [-0.2, 0) is 0 Å². The quantitative estimate of drug-likeness (QED) is 0.479. The maximum absolute atomic E-state index is 12.3. The van der Waals surface area contributed by atoms with Gasteiger partial charge >= 0.3 is 0 Å². The molecule has 0 N–H and O–H groups in total. The van der Waals surface area contributed by atoms with E-state index in [1.165, 1.54) is 0 Å². The van der Waals surface area contributed by atoms with Crippen molar-refractivity contribution >= 4 is 0 Å². The van der Waals surface area contributed by atoms with Gasteiger partial charge in [-0.3, -0.25) is 0 Å². The molecule has 1 aliphatic rings. The van der Waals surface area contributed by atoms with Crippen molar-refractivity contribution in [1.29, 1.82) is 0 Å². The van der Waals surface area contributed by atoms with Crippen molar-refractivity contribution in [2.24, 2.45) is 0 Å². The summed E-state index contributed by atoms with van der Waals surface area (Å²) in [5.41, 5.74) is 0. The molecular weight excluding hydrogens is 119 g/mol. The number of nitrogens with zero attached hydrogens (tertiary/aromatic N) is 2. The summed E-state index contributed by atoms with van der Waals surface area (Å²) >= 11 is 0. The number of halogens is 1. The van der Waals surface area contributed by atoms with Gasteiger partial charge in [0, 0.05) is 19.1 Å². The molecular formula is C6H13FN2. The second-order valence-corrected chi connectivity index (χ2v) is 2.77. The first kappa shape index (κ1) is 6.96. The smallest absolute Gasteiger partial charge is 0.0446 e. The molecule has 0 aliphatic carbocycles. The Morgan fingerprint density at radius 3 is 2.44 bits per heavy atom. The third-order valence-corrected chi connectivity index (χ3v) is 1.84. The topological polar surface area (TPSA) is 6.48 Å². The van der Waals surface area contributed by atoms with Gasteiger partial charge in [0.1, 0.15) is 0 Å². The maximum Gasteiger partial charge on any atom is 0.0446 e. The van der Waals surface area contributed by atoms with E-state index in [1.807, 2.05) is 14.1 Å². The van der Waals surface area contributed by atoms with Gasteiger partial charge in [-0.25, -0.2) is 0 Å². The van der Waals surface area contributed by atoms with Crippen molar-refractivity contribution < 1.29 is 4.48 Å². The molecule has 0 bridgehead atoms. The molecule has 54 valence electrons. The molecule has 3 heteroatoms. The molecule has 0 radical (unpaired) electrons. The van der Waals surface area contributed by atoms with Crippen LogP contribution in [0.15, 0.2) is 0 Å². The molecule has 1 unspecified atom stereocenters. The largest absolute Gasteiger partial charge is 0.305 e. The molecule has 2 nitrogen and oxygen atoms in total. The van der Waals surface area contributed by atoms with Crippen LogP contribution in [0.2, 0.25) is 0 Å². The van der Waals surface area contributed by atoms with Gasteiger partial charge in [-0.15, -0.1) is 9.60 Å². The lowest BCUT2D eigenvalue weighted by molar-refractivity contribution is 0.0491. The Hall–Kier alpha value is -0.150. The molecule has 0 spiro atoms. The van der Waals surface area contributed by atoms with Crippen molar-refractivity contribution in [2.75, 3.05) is 27.2 Å². The summed E-state index contributed by atoms with van der Waals surface area (Å²) in [5, 5.41) is 0.880. The summed E-state index contributed by atoms with van der Waals surface area (Å²) in [6.45, 7) is 1.18. The van der Waals surface area contributed by atoms with Gasteiger partial charge < -0.3 is 4.90 Å². The predicted octanol–water partition coefficient (Wildman–Crippen LogP) is 0.507. The van der Waals surface area contributed by atoms with Crippen LogP contribution >= 0.6 is 0 Å². The average molecular weight is 132 g/mol. The highest BCUT2D eigenvalue weighted by molar-refractivity contribution is 4.75. The van der Waals surface area contributed by atoms with E-state index in [-0.39, 0.29) is 0 Å². The number of hydrogen-bond acceptors (Lipinski definition) is 2. The van der Waals surface area contributed by atoms with Crippen LogP contribution < -0.4 is 0 Å². The first-order chi connectivity index (χ1) is 4.20. The molecule has 1 fully saturated rings. The molecule has 0 saturated carbocycles. The Morgan fingerprint density at radius 2 is 2.22 bits per heavy atom. The van der Waals surface area contributed by atoms with Crippen LogP contribution in [0, 0.1) is 0 Å². The van der Waals surface area contributed by atoms with Crippen LogP contribution in [0.4, 0.5) is 4.48 Å². The Balaban J connectivity index is 2.30. The minimum atomic E-state index is 0.426. The highest BCUT2D eigenvalue weighted by atomic mass is 19.2. The molecule has 1 rings (SSSR count). The zero-order chi connectivity index (χ0) is 6.85. The third kappa shape index (κ3) is 1.63. The van der Waals surface area contributed by atoms with E-state index in [1.54, 1.807) is 0 Å². The first-order valence-electron chi connectivity index (χ1n) is 3.27. The van der Waals surface area contributed by atoms with Crippen molar-refractivity contribution in [3.05, 3.63) is 0 Å². The van der Waals surface area contributed by atoms with E-state index >= 15 is 0 Å². The second kappa shape index (κ2) is 2.62. The summed E-state index contributed by atoms with van der Waals surface area (Å²) in [6, 6.07) is 0.426. The van der Waals surface area contributed by atoms with E-state index < -0.39 is 0 Å². The third-order valence-electron chi connectivity index (χ3n) is 1.84. The highest BCUT2D eigenvalue weighted by Crippen LogP contribution is 2.12. The zero-order valence-corrected chi connectivity index (χ0v) is 5.97. The lowest BCUT2D eigenvalue weighted by Gasteiger charge is -2.16. The van der Waals surface area contributed by atoms with Crippen molar-refractivity contribution in [2.45, 2.75) is 12.5 Å². The van der Waals surface area contributed by atoms with Crippen LogP contribution in [0.1, 0.15) is 6.42 Å². The lowest BCUT2D eigenvalue weighted by atomic mass is 10.2. The molecule has 9 heavy (non-hydrogen) atoms. The van der Waals surface area contributed by atoms with E-state index in [2.05, 4.69) is 4.90 Å². The van der Waals surface area contributed by atoms with E-state index in [4.69, 9.17) is 0 Å². The van der Waals surface area contributed by atoms with E-state index in [0.29, 0.717) is 19.1 Å². The second-order valence-electron chi connectivity index (χ2n) is 2.77. The first-order valence-corrected chi connectivity index (χ1v) is 3.27. The lowest BCUT2D eigenvalue weighted by Crippen LogP contribution is -2.29. The maximum atomic E-state index is 12.3. The van der Waals surface area contributed by atoms with Crippen LogP contribution in [0.3, 0.4) is 0 Å². The summed E-state index contributed by atoms with van der Waals surface area (Å²) in [6.07, 6.45) is 0.962. The standard InChI is InChI=1S/C6H13FN2/c1-8(2)6-3-4-9(7)5-6/h6H,3-5H2,1-2H3. The van der Waals surface area contributed by atoms with Crippen molar-refractivity contribution in [3.63, 3.8) is 0 Å². The Morgan fingerprint density at radius 1 is 1.56 bits per heavy atom. The molecule has 1 aliphatic heterocycles. The minimum absolute atomic E-state index is 0.426. The van der Waals surface area contributed by atoms with Crippen LogP contribution in [0.5, 0.6) is 0 Å². The fourth-order valence-electron chi connectivity index (χ4n) is 1.12. The minimum Gasteiger partial charge on any atom is -0.305 e. The number of likely N-dealkylation sites (N-methyl/N-ethyl adjacent to an activating group) is 1. The van der Waals surface area contributed by atoms with Crippen molar-refractivity contribution in [1.82, 2.24) is 10.0 Å². The highest BCUT2D eigenvalue weighted by Gasteiger charge is 2.23. The molecule has 1 saturated heterocycles. The van der Waals surface area contributed by atoms with Gasteiger partial charge in [-0.1, -0.05) is 0 Å². The monoisotopic (exact) mass is 132 g/mol. The van der Waals surface area contributed by atoms with Gasteiger partial charge in [-0.05, 0) is 20.5 Å². The normalized spacial score (nSPS) is 30.0. The van der Waals surface area contributed by atoms with Gasteiger partial charge in [0.2, 0.25) is 0 Å². The SMILES string of the molecule is CN(C)C1CCN(F)C1. The molecule has 0 aromatic rings. The number of rotatable bonds is 1. The molecule has 0 amide bonds. The Labute approximate surface area is 55.2 Å². The van der Waals surface area contributed by atoms with Crippen molar-refractivity contribution in [3.8, 4) is 0 Å². The zero-order valence-electron chi connectivity index (χ0n) is 5.97. The van der Waals surface area contributed by atoms with Gasteiger partial charge in [-0.2, -0.15) is 0 Å². The van der Waals surface area contributed by atoms with E-state index in [0.717, 1.165) is 11.5 Å². The summed E-state index contributed by atoms with van der Waals surface area (Å²) < 4.78 is 12.3. The summed E-state index contributed by atoms with van der Waals surface area (Å²) in [5.74, 6) is 0. The van der Waals surface area contributed by atoms with Crippen LogP contribution in [-0.4, -0.2) is 43.2 Å². The Bertz CT molecular complexity index is 95.1. The summed E-state index contributed by atoms with van der Waals surface area (Å²) in [4.78, 5) is 2.07. The molecule has 0 aromatic carbocycles. The summed E-state index contributed by atoms with van der Waals surface area (Å²) in [7, 11) is 3.98. The molecule has 0 aromatic heterocycles. The fourth-order valence-corrected chi connectivity index (χ4v) is 1.12. The van der Waals surface area contributed by atoms with Crippen LogP contribution in [0.25, 0.3) is 0 Å².